The molecule has 0 N–H and O–H groups in total. The highest BCUT2D eigenvalue weighted by Gasteiger charge is 2.08. The summed E-state index contributed by atoms with van der Waals surface area (Å²) in [7, 11) is 11.0. The standard InChI is InChI=1S/C25H38N2O4.2ClH/c1-26(16-12-20-8-10-22(28-3)24(18-20)30-5)14-7-15-27(2)17-13-21-9-11-23(29-4)25(19-21)31-6;;/h8-11,18-19H,7,12-17H2,1-6H3;2*1H. The fraction of sp³-hybridized carbons (Fsp3) is 0.520. The van der Waals surface area contributed by atoms with Gasteiger partial charge in [0.05, 0.1) is 28.4 Å². The molecule has 0 aromatic heterocycles. The van der Waals surface area contributed by atoms with Crippen LogP contribution in [0.3, 0.4) is 0 Å². The van der Waals surface area contributed by atoms with Gasteiger partial charge in [0, 0.05) is 13.1 Å². The summed E-state index contributed by atoms with van der Waals surface area (Å²) in [6.45, 7) is 4.19. The van der Waals surface area contributed by atoms with Crippen molar-refractivity contribution in [2.24, 2.45) is 0 Å². The molecule has 33 heavy (non-hydrogen) atoms. The van der Waals surface area contributed by atoms with Crippen LogP contribution in [0.2, 0.25) is 0 Å². The van der Waals surface area contributed by atoms with Crippen LogP contribution in [0.25, 0.3) is 0 Å². The maximum absolute atomic E-state index is 5.40. The van der Waals surface area contributed by atoms with Gasteiger partial charge in [-0.25, -0.2) is 0 Å². The van der Waals surface area contributed by atoms with Crippen molar-refractivity contribution < 1.29 is 18.9 Å². The van der Waals surface area contributed by atoms with Crippen LogP contribution < -0.4 is 18.9 Å². The molecule has 8 heteroatoms. The minimum absolute atomic E-state index is 0. The summed E-state index contributed by atoms with van der Waals surface area (Å²) in [5.74, 6) is 3.13. The van der Waals surface area contributed by atoms with Crippen LogP contribution in [0.1, 0.15) is 17.5 Å². The first-order valence-electron chi connectivity index (χ1n) is 10.8. The maximum atomic E-state index is 5.40. The molecule has 0 aliphatic heterocycles. The molecule has 0 unspecified atom stereocenters. The van der Waals surface area contributed by atoms with E-state index < -0.39 is 0 Å². The minimum atomic E-state index is 0. The Labute approximate surface area is 212 Å². The average molecular weight is 504 g/mol. The molecule has 0 spiro atoms. The summed E-state index contributed by atoms with van der Waals surface area (Å²) in [4.78, 5) is 4.78. The Morgan fingerprint density at radius 3 is 1.24 bits per heavy atom. The quantitative estimate of drug-likeness (QED) is 0.376. The number of likely N-dealkylation sites (N-methyl/N-ethyl adjacent to an activating group) is 2. The number of nitrogens with zero attached hydrogens (tertiary/aromatic N) is 2. The molecule has 0 bridgehead atoms. The first kappa shape index (κ1) is 31.1. The number of ether oxygens (including phenoxy) is 4. The lowest BCUT2D eigenvalue weighted by molar-refractivity contribution is 0.281. The zero-order chi connectivity index (χ0) is 22.6. The average Bonchev–Trinajstić information content (AvgIpc) is 2.80. The molecular weight excluding hydrogens is 463 g/mol. The molecule has 2 aromatic rings. The molecule has 2 aromatic carbocycles. The Balaban J connectivity index is 0.00000512. The Hall–Kier alpha value is -1.86. The van der Waals surface area contributed by atoms with Crippen LogP contribution >= 0.6 is 24.8 Å². The van der Waals surface area contributed by atoms with Gasteiger partial charge < -0.3 is 28.7 Å². The van der Waals surface area contributed by atoms with Gasteiger partial charge in [0.15, 0.2) is 23.0 Å². The van der Waals surface area contributed by atoms with E-state index in [1.165, 1.54) is 11.1 Å². The highest BCUT2D eigenvalue weighted by atomic mass is 35.5. The number of rotatable bonds is 14. The molecule has 6 nitrogen and oxygen atoms in total. The molecule has 0 saturated carbocycles. The van der Waals surface area contributed by atoms with E-state index in [9.17, 15) is 0 Å². The predicted octanol–water partition coefficient (Wildman–Crippen LogP) is 4.60. The van der Waals surface area contributed by atoms with Crippen LogP contribution in [0.4, 0.5) is 0 Å². The molecule has 0 aliphatic carbocycles. The zero-order valence-corrected chi connectivity index (χ0v) is 22.4. The van der Waals surface area contributed by atoms with Crippen molar-refractivity contribution in [3.63, 3.8) is 0 Å². The third-order valence-corrected chi connectivity index (χ3v) is 5.54. The van der Waals surface area contributed by atoms with Gasteiger partial charge in [-0.1, -0.05) is 12.1 Å². The highest BCUT2D eigenvalue weighted by Crippen LogP contribution is 2.28. The number of hydrogen-bond acceptors (Lipinski definition) is 6. The number of halogens is 2. The van der Waals surface area contributed by atoms with Gasteiger partial charge in [-0.05, 0) is 81.8 Å². The summed E-state index contributed by atoms with van der Waals surface area (Å²) in [5, 5.41) is 0. The van der Waals surface area contributed by atoms with Gasteiger partial charge in [0.1, 0.15) is 0 Å². The largest absolute Gasteiger partial charge is 0.493 e. The summed E-state index contributed by atoms with van der Waals surface area (Å²) in [6, 6.07) is 12.3. The first-order valence-corrected chi connectivity index (χ1v) is 10.8. The van der Waals surface area contributed by atoms with Crippen molar-refractivity contribution in [3.05, 3.63) is 47.5 Å². The fourth-order valence-corrected chi connectivity index (χ4v) is 3.55. The smallest absolute Gasteiger partial charge is 0.160 e. The second-order valence-electron chi connectivity index (χ2n) is 7.84. The lowest BCUT2D eigenvalue weighted by Crippen LogP contribution is -2.28. The SMILES string of the molecule is COc1ccc(CCN(C)CCCN(C)CCc2ccc(OC)c(OC)c2)cc1OC.Cl.Cl. The van der Waals surface area contributed by atoms with Crippen molar-refractivity contribution in [1.82, 2.24) is 9.80 Å². The van der Waals surface area contributed by atoms with E-state index in [0.29, 0.717) is 0 Å². The fourth-order valence-electron chi connectivity index (χ4n) is 3.55. The van der Waals surface area contributed by atoms with E-state index in [2.05, 4.69) is 48.2 Å². The lowest BCUT2D eigenvalue weighted by atomic mass is 10.1. The van der Waals surface area contributed by atoms with E-state index in [1.54, 1.807) is 28.4 Å². The van der Waals surface area contributed by atoms with Gasteiger partial charge in [0.2, 0.25) is 0 Å². The Morgan fingerprint density at radius 2 is 0.909 bits per heavy atom. The molecule has 0 aliphatic rings. The summed E-state index contributed by atoms with van der Waals surface area (Å²) in [5.41, 5.74) is 2.52. The molecule has 0 fully saturated rings. The second-order valence-corrected chi connectivity index (χ2v) is 7.84. The van der Waals surface area contributed by atoms with Crippen LogP contribution in [0, 0.1) is 0 Å². The second kappa shape index (κ2) is 16.7. The zero-order valence-electron chi connectivity index (χ0n) is 20.8. The molecule has 0 heterocycles. The number of methoxy groups -OCH3 is 4. The molecule has 0 radical (unpaired) electrons. The summed E-state index contributed by atoms with van der Waals surface area (Å²) in [6.07, 6.45) is 3.13. The van der Waals surface area contributed by atoms with Crippen LogP contribution in [-0.2, 0) is 12.8 Å². The Morgan fingerprint density at radius 1 is 0.545 bits per heavy atom. The maximum Gasteiger partial charge on any atom is 0.160 e. The van der Waals surface area contributed by atoms with Crippen LogP contribution in [0.5, 0.6) is 23.0 Å². The van der Waals surface area contributed by atoms with Crippen molar-refractivity contribution in [1.29, 1.82) is 0 Å². The van der Waals surface area contributed by atoms with Gasteiger partial charge in [-0.15, -0.1) is 24.8 Å². The molecule has 188 valence electrons. The third-order valence-electron chi connectivity index (χ3n) is 5.54. The minimum Gasteiger partial charge on any atom is -0.493 e. The van der Waals surface area contributed by atoms with Gasteiger partial charge >= 0.3 is 0 Å². The topological polar surface area (TPSA) is 43.4 Å². The van der Waals surface area contributed by atoms with Crippen molar-refractivity contribution >= 4 is 24.8 Å². The molecule has 0 saturated heterocycles. The molecule has 0 amide bonds. The van der Waals surface area contributed by atoms with Gasteiger partial charge in [-0.2, -0.15) is 0 Å². The van der Waals surface area contributed by atoms with E-state index in [0.717, 1.165) is 68.4 Å². The van der Waals surface area contributed by atoms with Crippen molar-refractivity contribution in [2.75, 3.05) is 68.7 Å². The van der Waals surface area contributed by atoms with E-state index in [1.807, 2.05) is 12.1 Å². The van der Waals surface area contributed by atoms with Crippen LogP contribution in [0.15, 0.2) is 36.4 Å². The van der Waals surface area contributed by atoms with Crippen molar-refractivity contribution in [3.8, 4) is 23.0 Å². The van der Waals surface area contributed by atoms with Gasteiger partial charge in [-0.3, -0.25) is 0 Å². The monoisotopic (exact) mass is 502 g/mol. The van der Waals surface area contributed by atoms with E-state index in [4.69, 9.17) is 18.9 Å². The summed E-state index contributed by atoms with van der Waals surface area (Å²) >= 11 is 0. The third kappa shape index (κ3) is 10.3. The normalized spacial score (nSPS) is 10.4. The molecule has 0 atom stereocenters. The summed E-state index contributed by atoms with van der Waals surface area (Å²) < 4.78 is 21.4. The van der Waals surface area contributed by atoms with Gasteiger partial charge in [0.25, 0.3) is 0 Å². The highest BCUT2D eigenvalue weighted by molar-refractivity contribution is 5.85. The lowest BCUT2D eigenvalue weighted by Gasteiger charge is -2.21. The van der Waals surface area contributed by atoms with E-state index in [-0.39, 0.29) is 24.8 Å². The Kier molecular flexibility index (Phi) is 15.8. The predicted molar refractivity (Wildman–Crippen MR) is 141 cm³/mol. The van der Waals surface area contributed by atoms with Crippen molar-refractivity contribution in [2.45, 2.75) is 19.3 Å². The van der Waals surface area contributed by atoms with Crippen LogP contribution in [-0.4, -0.2) is 78.5 Å². The first-order chi connectivity index (χ1) is 15.0. The number of hydrogen-bond donors (Lipinski definition) is 0. The number of benzene rings is 2. The van der Waals surface area contributed by atoms with E-state index >= 15 is 0 Å². The Bertz CT molecular complexity index is 742. The molecular formula is C25H40Cl2N2O4. The molecule has 2 rings (SSSR count).